The van der Waals surface area contributed by atoms with E-state index in [-0.39, 0.29) is 18.2 Å². The molecular weight excluding hydrogens is 374 g/mol. The van der Waals surface area contributed by atoms with Crippen molar-refractivity contribution >= 4 is 33.3 Å². The molecule has 3 heterocycles. The van der Waals surface area contributed by atoms with E-state index < -0.39 is 0 Å². The molecule has 0 bridgehead atoms. The lowest BCUT2D eigenvalue weighted by Crippen LogP contribution is -2.43. The van der Waals surface area contributed by atoms with E-state index in [1.807, 2.05) is 32.0 Å². The molecule has 3 aromatic rings. The van der Waals surface area contributed by atoms with Crippen LogP contribution in [0.3, 0.4) is 0 Å². The molecule has 1 saturated heterocycles. The Hall–Kier alpha value is -2.51. The van der Waals surface area contributed by atoms with E-state index in [1.54, 1.807) is 6.33 Å². The first-order chi connectivity index (χ1) is 13.6. The first-order valence-electron chi connectivity index (χ1n) is 9.45. The monoisotopic (exact) mass is 397 g/mol. The fraction of sp³-hybridized carbons (Fsp3) is 0.381. The van der Waals surface area contributed by atoms with Crippen molar-refractivity contribution in [3.63, 3.8) is 0 Å². The summed E-state index contributed by atoms with van der Waals surface area (Å²) >= 11 is 1.36. The number of hydrogen-bond donors (Lipinski definition) is 0. The van der Waals surface area contributed by atoms with Crippen molar-refractivity contribution < 1.29 is 14.3 Å². The zero-order chi connectivity index (χ0) is 19.7. The van der Waals surface area contributed by atoms with Gasteiger partial charge in [0.05, 0.1) is 18.1 Å². The SMILES string of the molecule is CCOC(=O)c1sc2ncnc(N3CC(C)OC(c4ccccc4)C3)c2c1C. The molecule has 0 radical (unpaired) electrons. The van der Waals surface area contributed by atoms with Crippen LogP contribution in [0.5, 0.6) is 0 Å². The van der Waals surface area contributed by atoms with Crippen molar-refractivity contribution in [3.05, 3.63) is 52.7 Å². The highest BCUT2D eigenvalue weighted by molar-refractivity contribution is 7.20. The summed E-state index contributed by atoms with van der Waals surface area (Å²) in [6, 6.07) is 10.2. The average molecular weight is 398 g/mol. The van der Waals surface area contributed by atoms with Crippen molar-refractivity contribution in [1.82, 2.24) is 9.97 Å². The number of aromatic nitrogens is 2. The van der Waals surface area contributed by atoms with E-state index in [2.05, 4.69) is 33.9 Å². The molecule has 0 spiro atoms. The van der Waals surface area contributed by atoms with Crippen LogP contribution in [-0.4, -0.2) is 41.7 Å². The molecule has 0 N–H and O–H groups in total. The van der Waals surface area contributed by atoms with Crippen LogP contribution in [0.4, 0.5) is 5.82 Å². The number of benzene rings is 1. The zero-order valence-corrected chi connectivity index (χ0v) is 17.0. The van der Waals surface area contributed by atoms with E-state index in [1.165, 1.54) is 11.3 Å². The summed E-state index contributed by atoms with van der Waals surface area (Å²) < 4.78 is 11.4. The van der Waals surface area contributed by atoms with Crippen LogP contribution >= 0.6 is 11.3 Å². The number of nitrogens with zero attached hydrogens (tertiary/aromatic N) is 3. The number of hydrogen-bond acceptors (Lipinski definition) is 7. The summed E-state index contributed by atoms with van der Waals surface area (Å²) in [7, 11) is 0. The normalized spacial score (nSPS) is 19.8. The maximum Gasteiger partial charge on any atom is 0.348 e. The molecule has 4 rings (SSSR count). The number of morpholine rings is 1. The van der Waals surface area contributed by atoms with E-state index >= 15 is 0 Å². The standard InChI is InChI=1S/C21H23N3O3S/c1-4-26-21(25)18-14(3)17-19(22-12-23-20(17)28-18)24-10-13(2)27-16(11-24)15-8-6-5-7-9-15/h5-9,12-13,16H,4,10-11H2,1-3H3. The predicted octanol–water partition coefficient (Wildman–Crippen LogP) is 4.14. The molecular formula is C21H23N3O3S. The summed E-state index contributed by atoms with van der Waals surface area (Å²) in [6.45, 7) is 7.61. The Morgan fingerprint density at radius 1 is 1.29 bits per heavy atom. The molecule has 1 fully saturated rings. The zero-order valence-electron chi connectivity index (χ0n) is 16.2. The lowest BCUT2D eigenvalue weighted by molar-refractivity contribution is -0.0175. The van der Waals surface area contributed by atoms with E-state index in [0.29, 0.717) is 18.0 Å². The van der Waals surface area contributed by atoms with Crippen molar-refractivity contribution in [3.8, 4) is 0 Å². The fourth-order valence-corrected chi connectivity index (χ4v) is 4.70. The van der Waals surface area contributed by atoms with Gasteiger partial charge in [0.2, 0.25) is 0 Å². The van der Waals surface area contributed by atoms with Gasteiger partial charge in [0.25, 0.3) is 0 Å². The lowest BCUT2D eigenvalue weighted by Gasteiger charge is -2.38. The smallest absolute Gasteiger partial charge is 0.348 e. The second-order valence-corrected chi connectivity index (χ2v) is 7.90. The second-order valence-electron chi connectivity index (χ2n) is 6.91. The average Bonchev–Trinajstić information content (AvgIpc) is 3.05. The number of carbonyl (C=O) groups excluding carboxylic acids is 1. The fourth-order valence-electron chi connectivity index (χ4n) is 3.66. The van der Waals surface area contributed by atoms with Crippen LogP contribution in [-0.2, 0) is 9.47 Å². The number of fused-ring (bicyclic) bond motifs is 1. The Balaban J connectivity index is 1.73. The number of rotatable bonds is 4. The van der Waals surface area contributed by atoms with Gasteiger partial charge in [0.1, 0.15) is 28.0 Å². The minimum atomic E-state index is -0.300. The molecule has 0 amide bonds. The molecule has 1 aliphatic rings. The molecule has 1 aliphatic heterocycles. The Morgan fingerprint density at radius 2 is 2.07 bits per heavy atom. The highest BCUT2D eigenvalue weighted by Crippen LogP contribution is 2.37. The molecule has 7 heteroatoms. The van der Waals surface area contributed by atoms with Gasteiger partial charge < -0.3 is 14.4 Å². The van der Waals surface area contributed by atoms with Crippen LogP contribution in [0.1, 0.15) is 40.8 Å². The summed E-state index contributed by atoms with van der Waals surface area (Å²) in [5.41, 5.74) is 2.03. The van der Waals surface area contributed by atoms with Gasteiger partial charge in [-0.3, -0.25) is 0 Å². The van der Waals surface area contributed by atoms with Crippen molar-refractivity contribution in [2.45, 2.75) is 33.0 Å². The quantitative estimate of drug-likeness (QED) is 0.617. The lowest BCUT2D eigenvalue weighted by atomic mass is 10.1. The number of aryl methyl sites for hydroxylation is 1. The third-order valence-corrected chi connectivity index (χ3v) is 6.08. The summed E-state index contributed by atoms with van der Waals surface area (Å²) in [4.78, 5) is 24.9. The number of anilines is 1. The van der Waals surface area contributed by atoms with Gasteiger partial charge >= 0.3 is 5.97 Å². The van der Waals surface area contributed by atoms with E-state index in [0.717, 1.165) is 33.7 Å². The number of carbonyl (C=O) groups is 1. The molecule has 0 aliphatic carbocycles. The Bertz CT molecular complexity index is 989. The molecule has 2 aromatic heterocycles. The van der Waals surface area contributed by atoms with Gasteiger partial charge in [-0.25, -0.2) is 14.8 Å². The molecule has 1 aromatic carbocycles. The van der Waals surface area contributed by atoms with Crippen LogP contribution < -0.4 is 4.90 Å². The minimum absolute atomic E-state index is 0.0292. The molecule has 2 atom stereocenters. The topological polar surface area (TPSA) is 64.5 Å². The van der Waals surface area contributed by atoms with Gasteiger partial charge in [-0.15, -0.1) is 11.3 Å². The van der Waals surface area contributed by atoms with Crippen LogP contribution in [0.15, 0.2) is 36.7 Å². The Kier molecular flexibility index (Phi) is 5.28. The Labute approximate surface area is 168 Å². The van der Waals surface area contributed by atoms with Gasteiger partial charge in [0, 0.05) is 13.1 Å². The van der Waals surface area contributed by atoms with Crippen LogP contribution in [0, 0.1) is 6.92 Å². The van der Waals surface area contributed by atoms with Gasteiger partial charge in [-0.2, -0.15) is 0 Å². The number of esters is 1. The largest absolute Gasteiger partial charge is 0.462 e. The van der Waals surface area contributed by atoms with Crippen LogP contribution in [0.2, 0.25) is 0 Å². The molecule has 146 valence electrons. The molecule has 0 saturated carbocycles. The summed E-state index contributed by atoms with van der Waals surface area (Å²) in [5, 5.41) is 0.927. The van der Waals surface area contributed by atoms with E-state index in [4.69, 9.17) is 9.47 Å². The second kappa shape index (κ2) is 7.85. The summed E-state index contributed by atoms with van der Waals surface area (Å²) in [5.74, 6) is 0.553. The first kappa shape index (κ1) is 18.8. The molecule has 2 unspecified atom stereocenters. The maximum atomic E-state index is 12.3. The van der Waals surface area contributed by atoms with Gasteiger partial charge in [-0.1, -0.05) is 30.3 Å². The van der Waals surface area contributed by atoms with Gasteiger partial charge in [-0.05, 0) is 31.9 Å². The van der Waals surface area contributed by atoms with Gasteiger partial charge in [0.15, 0.2) is 0 Å². The maximum absolute atomic E-state index is 12.3. The highest BCUT2D eigenvalue weighted by atomic mass is 32.1. The number of thiophene rings is 1. The van der Waals surface area contributed by atoms with Crippen molar-refractivity contribution in [2.24, 2.45) is 0 Å². The predicted molar refractivity (Wildman–Crippen MR) is 110 cm³/mol. The van der Waals surface area contributed by atoms with Crippen LogP contribution in [0.25, 0.3) is 10.2 Å². The highest BCUT2D eigenvalue weighted by Gasteiger charge is 2.30. The summed E-state index contributed by atoms with van der Waals surface area (Å²) in [6.07, 6.45) is 1.60. The minimum Gasteiger partial charge on any atom is -0.462 e. The van der Waals surface area contributed by atoms with Crippen molar-refractivity contribution in [1.29, 1.82) is 0 Å². The first-order valence-corrected chi connectivity index (χ1v) is 10.3. The van der Waals surface area contributed by atoms with E-state index in [9.17, 15) is 4.79 Å². The molecule has 28 heavy (non-hydrogen) atoms. The number of ether oxygens (including phenoxy) is 2. The third kappa shape index (κ3) is 3.47. The van der Waals surface area contributed by atoms with Crippen molar-refractivity contribution in [2.75, 3.05) is 24.6 Å². The molecule has 6 nitrogen and oxygen atoms in total. The third-order valence-electron chi connectivity index (χ3n) is 4.90. The Morgan fingerprint density at radius 3 is 2.82 bits per heavy atom.